The molecule has 230 valence electrons. The summed E-state index contributed by atoms with van der Waals surface area (Å²) in [6, 6.07) is 38.1. The van der Waals surface area contributed by atoms with Crippen LogP contribution >= 0.6 is 0 Å². The number of nitrogens with one attached hydrogen (secondary N) is 1. The Morgan fingerprint density at radius 1 is 0.711 bits per heavy atom. The van der Waals surface area contributed by atoms with Gasteiger partial charge in [0.25, 0.3) is 0 Å². The molecule has 0 spiro atoms. The molecule has 0 saturated heterocycles. The maximum atomic E-state index is 11.9. The lowest BCUT2D eigenvalue weighted by molar-refractivity contribution is -0.386. The summed E-state index contributed by atoms with van der Waals surface area (Å²) < 4.78 is 5.76. The number of nitrogens with zero attached hydrogens (tertiary/aromatic N) is 1. The first-order valence-electron chi connectivity index (χ1n) is 14.8. The standard InChI is InChI=1S/C37H36N2O6/c40-32-16-11-28(12-17-32)34(29-13-18-33(41)19-14-29)23-31(21-26-7-3-1-4-8-26)38-24-36(42)30-15-20-37(35(22-30)39(43)44)45-25-27-9-5-2-6-10-27/h1-20,22,31,34,36,38,40-42H,21,23-25H2/t31?,36-/m0/s1. The second kappa shape index (κ2) is 15.0. The molecule has 8 nitrogen and oxygen atoms in total. The molecule has 5 aromatic carbocycles. The monoisotopic (exact) mass is 604 g/mol. The van der Waals surface area contributed by atoms with Gasteiger partial charge in [-0.05, 0) is 71.0 Å². The maximum absolute atomic E-state index is 11.9. The quantitative estimate of drug-likeness (QED) is 0.0791. The molecule has 8 heteroatoms. The largest absolute Gasteiger partial charge is 0.508 e. The molecule has 4 N–H and O–H groups in total. The zero-order valence-corrected chi connectivity index (χ0v) is 24.7. The van der Waals surface area contributed by atoms with Crippen LogP contribution in [0.1, 0.15) is 46.3 Å². The first kappa shape index (κ1) is 31.3. The summed E-state index contributed by atoms with van der Waals surface area (Å²) in [4.78, 5) is 11.4. The molecule has 0 aromatic heterocycles. The third-order valence-corrected chi connectivity index (χ3v) is 7.84. The molecule has 0 aliphatic rings. The number of aliphatic hydroxyl groups excluding tert-OH is 1. The lowest BCUT2D eigenvalue weighted by atomic mass is 9.84. The number of phenols is 2. The molecule has 45 heavy (non-hydrogen) atoms. The van der Waals surface area contributed by atoms with Gasteiger partial charge < -0.3 is 25.4 Å². The Hall–Kier alpha value is -5.18. The molecular formula is C37H36N2O6. The van der Waals surface area contributed by atoms with Crippen LogP contribution in [0, 0.1) is 10.1 Å². The van der Waals surface area contributed by atoms with Crippen LogP contribution in [0.15, 0.2) is 127 Å². The van der Waals surface area contributed by atoms with Crippen LogP contribution in [-0.2, 0) is 13.0 Å². The van der Waals surface area contributed by atoms with E-state index in [0.29, 0.717) is 18.4 Å². The smallest absolute Gasteiger partial charge is 0.311 e. The lowest BCUT2D eigenvalue weighted by Gasteiger charge is -2.27. The van der Waals surface area contributed by atoms with Gasteiger partial charge in [0, 0.05) is 24.6 Å². The van der Waals surface area contributed by atoms with Crippen LogP contribution in [0.3, 0.4) is 0 Å². The Labute approximate surface area is 262 Å². The van der Waals surface area contributed by atoms with E-state index >= 15 is 0 Å². The van der Waals surface area contributed by atoms with Gasteiger partial charge >= 0.3 is 5.69 Å². The second-order valence-electron chi connectivity index (χ2n) is 11.0. The number of nitro groups is 1. The molecule has 0 aliphatic heterocycles. The Kier molecular flexibility index (Phi) is 10.4. The predicted molar refractivity (Wildman–Crippen MR) is 173 cm³/mol. The van der Waals surface area contributed by atoms with Crippen LogP contribution in [0.4, 0.5) is 5.69 Å². The van der Waals surface area contributed by atoms with E-state index in [1.165, 1.54) is 12.1 Å². The molecule has 0 aliphatic carbocycles. The fourth-order valence-electron chi connectivity index (χ4n) is 5.44. The van der Waals surface area contributed by atoms with Crippen molar-refractivity contribution in [2.24, 2.45) is 0 Å². The van der Waals surface area contributed by atoms with Crippen molar-refractivity contribution in [1.29, 1.82) is 0 Å². The van der Waals surface area contributed by atoms with Crippen molar-refractivity contribution in [2.45, 2.75) is 37.5 Å². The van der Waals surface area contributed by atoms with Gasteiger partial charge in [0.15, 0.2) is 5.75 Å². The molecule has 0 amide bonds. The molecule has 0 saturated carbocycles. The highest BCUT2D eigenvalue weighted by atomic mass is 16.6. The van der Waals surface area contributed by atoms with Gasteiger partial charge in [0.2, 0.25) is 0 Å². The van der Waals surface area contributed by atoms with E-state index in [2.05, 4.69) is 17.4 Å². The molecular weight excluding hydrogens is 568 g/mol. The number of benzene rings is 5. The van der Waals surface area contributed by atoms with E-state index in [4.69, 9.17) is 4.74 Å². The van der Waals surface area contributed by atoms with Gasteiger partial charge in [0.05, 0.1) is 11.0 Å². The Bertz CT molecular complexity index is 1620. The zero-order valence-electron chi connectivity index (χ0n) is 24.7. The molecule has 5 aromatic rings. The summed E-state index contributed by atoms with van der Waals surface area (Å²) >= 11 is 0. The van der Waals surface area contributed by atoms with Gasteiger partial charge in [0.1, 0.15) is 18.1 Å². The average Bonchev–Trinajstić information content (AvgIpc) is 3.06. The minimum absolute atomic E-state index is 0.0771. The SMILES string of the molecule is O=[N+]([O-])c1cc([C@@H](O)CNC(Cc2ccccc2)CC(c2ccc(O)cc2)c2ccc(O)cc2)ccc1OCc1ccccc1. The molecule has 5 rings (SSSR count). The number of aliphatic hydroxyl groups is 1. The van der Waals surface area contributed by atoms with Crippen molar-refractivity contribution in [3.05, 3.63) is 165 Å². The highest BCUT2D eigenvalue weighted by Gasteiger charge is 2.23. The van der Waals surface area contributed by atoms with Crippen LogP contribution < -0.4 is 10.1 Å². The predicted octanol–water partition coefficient (Wildman–Crippen LogP) is 7.04. The van der Waals surface area contributed by atoms with Gasteiger partial charge in [-0.15, -0.1) is 0 Å². The van der Waals surface area contributed by atoms with Crippen molar-refractivity contribution >= 4 is 5.69 Å². The second-order valence-corrected chi connectivity index (χ2v) is 11.0. The van der Waals surface area contributed by atoms with Gasteiger partial charge in [-0.1, -0.05) is 91.0 Å². The molecule has 0 heterocycles. The first-order chi connectivity index (χ1) is 21.9. The zero-order chi connectivity index (χ0) is 31.6. The van der Waals surface area contributed by atoms with Gasteiger partial charge in [-0.2, -0.15) is 0 Å². The van der Waals surface area contributed by atoms with E-state index < -0.39 is 11.0 Å². The van der Waals surface area contributed by atoms with Crippen LogP contribution in [-0.4, -0.2) is 32.8 Å². The van der Waals surface area contributed by atoms with Gasteiger partial charge in [-0.25, -0.2) is 0 Å². The van der Waals surface area contributed by atoms with Crippen LogP contribution in [0.5, 0.6) is 17.2 Å². The van der Waals surface area contributed by atoms with E-state index in [-0.39, 0.29) is 48.0 Å². The maximum Gasteiger partial charge on any atom is 0.311 e. The highest BCUT2D eigenvalue weighted by Crippen LogP contribution is 2.33. The number of ether oxygens (including phenoxy) is 1. The van der Waals surface area contributed by atoms with Crippen molar-refractivity contribution < 1.29 is 25.0 Å². The summed E-state index contributed by atoms with van der Waals surface area (Å²) in [5.74, 6) is 0.416. The Balaban J connectivity index is 1.35. The fourth-order valence-corrected chi connectivity index (χ4v) is 5.44. The summed E-state index contributed by atoms with van der Waals surface area (Å²) in [6.45, 7) is 0.353. The van der Waals surface area contributed by atoms with Crippen LogP contribution in [0.25, 0.3) is 0 Å². The Morgan fingerprint density at radius 2 is 1.24 bits per heavy atom. The minimum Gasteiger partial charge on any atom is -0.508 e. The van der Waals surface area contributed by atoms with Crippen molar-refractivity contribution in [2.75, 3.05) is 6.54 Å². The van der Waals surface area contributed by atoms with E-state index in [9.17, 15) is 25.4 Å². The van der Waals surface area contributed by atoms with E-state index in [0.717, 1.165) is 22.3 Å². The third-order valence-electron chi connectivity index (χ3n) is 7.84. The fraction of sp³-hybridized carbons (Fsp3) is 0.189. The number of phenolic OH excluding ortho intramolecular Hbond substituents is 2. The number of rotatable bonds is 14. The summed E-state index contributed by atoms with van der Waals surface area (Å²) in [5.41, 5.74) is 4.22. The lowest BCUT2D eigenvalue weighted by Crippen LogP contribution is -2.36. The molecule has 1 unspecified atom stereocenters. The number of hydrogen-bond acceptors (Lipinski definition) is 7. The average molecular weight is 605 g/mol. The number of hydrogen-bond donors (Lipinski definition) is 4. The van der Waals surface area contributed by atoms with E-state index in [1.807, 2.05) is 72.8 Å². The van der Waals surface area contributed by atoms with Crippen molar-refractivity contribution in [3.8, 4) is 17.2 Å². The summed E-state index contributed by atoms with van der Waals surface area (Å²) in [7, 11) is 0. The number of aromatic hydroxyl groups is 2. The minimum atomic E-state index is -1.01. The molecule has 0 bridgehead atoms. The summed E-state index contributed by atoms with van der Waals surface area (Å²) in [5, 5.41) is 46.4. The molecule has 0 fully saturated rings. The first-order valence-corrected chi connectivity index (χ1v) is 14.8. The topological polar surface area (TPSA) is 125 Å². The normalized spacial score (nSPS) is 12.5. The van der Waals surface area contributed by atoms with Gasteiger partial charge in [-0.3, -0.25) is 10.1 Å². The summed E-state index contributed by atoms with van der Waals surface area (Å²) in [6.07, 6.45) is 0.307. The number of nitro benzene ring substituents is 1. The third kappa shape index (κ3) is 8.69. The molecule has 0 radical (unpaired) electrons. The van der Waals surface area contributed by atoms with Crippen LogP contribution in [0.2, 0.25) is 0 Å². The molecule has 2 atom stereocenters. The van der Waals surface area contributed by atoms with E-state index in [1.54, 1.807) is 30.3 Å². The van der Waals surface area contributed by atoms with Crippen molar-refractivity contribution in [3.63, 3.8) is 0 Å². The highest BCUT2D eigenvalue weighted by molar-refractivity contribution is 5.49. The Morgan fingerprint density at radius 3 is 1.80 bits per heavy atom. The van der Waals surface area contributed by atoms with Crippen molar-refractivity contribution in [1.82, 2.24) is 5.32 Å².